The van der Waals surface area contributed by atoms with E-state index in [4.69, 9.17) is 16.2 Å². The number of aliphatic carboxylic acids is 1. The molecule has 0 saturated heterocycles. The summed E-state index contributed by atoms with van der Waals surface area (Å²) in [5, 5.41) is 28.7. The van der Waals surface area contributed by atoms with E-state index >= 15 is 0 Å². The van der Waals surface area contributed by atoms with Crippen molar-refractivity contribution in [2.75, 3.05) is 6.54 Å². The number of rotatable bonds is 13. The van der Waals surface area contributed by atoms with Gasteiger partial charge in [-0.1, -0.05) is 18.2 Å². The van der Waals surface area contributed by atoms with Crippen LogP contribution in [0.15, 0.2) is 42.5 Å². The van der Waals surface area contributed by atoms with Crippen molar-refractivity contribution in [3.05, 3.63) is 64.7 Å². The molecule has 2 aromatic carbocycles. The van der Waals surface area contributed by atoms with Crippen molar-refractivity contribution in [1.82, 2.24) is 5.32 Å². The Morgan fingerprint density at radius 1 is 1.08 bits per heavy atom. The number of amides is 1. The van der Waals surface area contributed by atoms with Gasteiger partial charge in [0.15, 0.2) is 5.78 Å². The van der Waals surface area contributed by atoms with Crippen LogP contribution in [-0.2, 0) is 22.2 Å². The fraction of sp³-hybridized carbons (Fsp3) is 0.360. The number of carbonyl (C=O) groups excluding carboxylic acids is 2. The smallest absolute Gasteiger partial charge is 0.416 e. The first-order chi connectivity index (χ1) is 16.9. The number of carboxylic acid groups (broad SMARTS) is 1. The lowest BCUT2D eigenvalue weighted by molar-refractivity contribution is -0.138. The zero-order chi connectivity index (χ0) is 26.9. The molecule has 0 aliphatic rings. The number of aryl methyl sites for hydroxylation is 1. The van der Waals surface area contributed by atoms with Crippen LogP contribution in [0.5, 0.6) is 5.75 Å². The normalized spacial score (nSPS) is 12.1. The van der Waals surface area contributed by atoms with Crippen molar-refractivity contribution in [2.45, 2.75) is 50.6 Å². The molecule has 0 bridgehead atoms. The van der Waals surface area contributed by atoms with Crippen molar-refractivity contribution < 1.29 is 37.8 Å². The van der Waals surface area contributed by atoms with Crippen molar-refractivity contribution in [3.63, 3.8) is 0 Å². The van der Waals surface area contributed by atoms with Crippen LogP contribution in [0, 0.1) is 5.41 Å². The SMILES string of the molecule is N=C(N)CCc1cc(C(=O)NCC(=O)CCCC(CC(=O)O)c2ccccc2O)cc(C(F)(F)F)c1. The molecule has 0 fully saturated rings. The number of halogens is 3. The van der Waals surface area contributed by atoms with Crippen molar-refractivity contribution >= 4 is 23.5 Å². The summed E-state index contributed by atoms with van der Waals surface area (Å²) in [6, 6.07) is 9.20. The van der Waals surface area contributed by atoms with Crippen LogP contribution in [0.1, 0.15) is 65.1 Å². The van der Waals surface area contributed by atoms with Gasteiger partial charge in [0.2, 0.25) is 0 Å². The fourth-order valence-corrected chi connectivity index (χ4v) is 3.74. The molecular weight excluding hydrogens is 479 g/mol. The molecule has 36 heavy (non-hydrogen) atoms. The average Bonchev–Trinajstić information content (AvgIpc) is 2.80. The number of aromatic hydroxyl groups is 1. The van der Waals surface area contributed by atoms with E-state index in [1.54, 1.807) is 18.2 Å². The van der Waals surface area contributed by atoms with E-state index in [9.17, 15) is 32.7 Å². The molecule has 2 rings (SSSR count). The van der Waals surface area contributed by atoms with Crippen LogP contribution in [0.2, 0.25) is 0 Å². The molecular formula is C25H28F3N3O5. The van der Waals surface area contributed by atoms with Crippen molar-refractivity contribution in [1.29, 1.82) is 5.41 Å². The number of hydrogen-bond donors (Lipinski definition) is 5. The third kappa shape index (κ3) is 9.05. The molecule has 194 valence electrons. The predicted octanol–water partition coefficient (Wildman–Crippen LogP) is 4.01. The molecule has 11 heteroatoms. The number of hydrogen-bond acceptors (Lipinski definition) is 5. The Labute approximate surface area is 205 Å². The summed E-state index contributed by atoms with van der Waals surface area (Å²) in [4.78, 5) is 35.9. The molecule has 1 amide bonds. The third-order valence-electron chi connectivity index (χ3n) is 5.52. The molecule has 1 atom stereocenters. The number of ketones is 1. The van der Waals surface area contributed by atoms with E-state index in [1.807, 2.05) is 0 Å². The highest BCUT2D eigenvalue weighted by Crippen LogP contribution is 2.32. The Kier molecular flexibility index (Phi) is 10.0. The van der Waals surface area contributed by atoms with E-state index in [-0.39, 0.29) is 54.2 Å². The number of amidine groups is 1. The molecule has 1 unspecified atom stereocenters. The highest BCUT2D eigenvalue weighted by molar-refractivity contribution is 5.97. The molecule has 8 nitrogen and oxygen atoms in total. The molecule has 0 aliphatic carbocycles. The Morgan fingerprint density at radius 3 is 2.39 bits per heavy atom. The zero-order valence-corrected chi connectivity index (χ0v) is 19.4. The van der Waals surface area contributed by atoms with Crippen LogP contribution in [0.25, 0.3) is 0 Å². The highest BCUT2D eigenvalue weighted by atomic mass is 19.4. The fourth-order valence-electron chi connectivity index (χ4n) is 3.74. The lowest BCUT2D eigenvalue weighted by Crippen LogP contribution is -2.30. The van der Waals surface area contributed by atoms with Gasteiger partial charge in [0.1, 0.15) is 5.75 Å². The maximum absolute atomic E-state index is 13.3. The number of carboxylic acids is 1. The topological polar surface area (TPSA) is 154 Å². The Morgan fingerprint density at radius 2 is 1.78 bits per heavy atom. The lowest BCUT2D eigenvalue weighted by atomic mass is 9.89. The van der Waals surface area contributed by atoms with Gasteiger partial charge in [-0.2, -0.15) is 13.2 Å². The predicted molar refractivity (Wildman–Crippen MR) is 126 cm³/mol. The Balaban J connectivity index is 1.97. The van der Waals surface area contributed by atoms with Gasteiger partial charge in [0.25, 0.3) is 5.91 Å². The van der Waals surface area contributed by atoms with Crippen molar-refractivity contribution in [3.8, 4) is 5.75 Å². The molecule has 2 aromatic rings. The molecule has 0 spiro atoms. The number of phenols is 1. The third-order valence-corrected chi connectivity index (χ3v) is 5.52. The number of alkyl halides is 3. The number of carbonyl (C=O) groups is 3. The largest absolute Gasteiger partial charge is 0.508 e. The zero-order valence-electron chi connectivity index (χ0n) is 19.4. The second kappa shape index (κ2) is 12.7. The lowest BCUT2D eigenvalue weighted by Gasteiger charge is -2.16. The minimum absolute atomic E-state index is 0.0104. The summed E-state index contributed by atoms with van der Waals surface area (Å²) in [6.45, 7) is -0.405. The minimum Gasteiger partial charge on any atom is -0.508 e. The highest BCUT2D eigenvalue weighted by Gasteiger charge is 2.31. The van der Waals surface area contributed by atoms with E-state index in [0.717, 1.165) is 6.07 Å². The maximum atomic E-state index is 13.3. The van der Waals surface area contributed by atoms with Gasteiger partial charge in [-0.3, -0.25) is 19.8 Å². The number of benzene rings is 2. The molecule has 6 N–H and O–H groups in total. The molecule has 0 saturated carbocycles. The van der Waals surface area contributed by atoms with Crippen LogP contribution < -0.4 is 11.1 Å². The van der Waals surface area contributed by atoms with E-state index in [2.05, 4.69) is 5.32 Å². The van der Waals surface area contributed by atoms with Gasteiger partial charge in [-0.25, -0.2) is 0 Å². The number of para-hydroxylation sites is 1. The Hall–Kier alpha value is -3.89. The first-order valence-electron chi connectivity index (χ1n) is 11.2. The maximum Gasteiger partial charge on any atom is 0.416 e. The molecule has 0 heterocycles. The average molecular weight is 508 g/mol. The summed E-state index contributed by atoms with van der Waals surface area (Å²) in [5.41, 5.74) is 4.63. The number of nitrogens with two attached hydrogens (primary N) is 1. The van der Waals surface area contributed by atoms with E-state index in [0.29, 0.717) is 24.5 Å². The van der Waals surface area contributed by atoms with Gasteiger partial charge >= 0.3 is 12.1 Å². The number of nitrogens with one attached hydrogen (secondary N) is 2. The number of Topliss-reactive ketones (excluding diaryl/α,β-unsaturated/α-hetero) is 1. The Bertz CT molecular complexity index is 1120. The second-order valence-electron chi connectivity index (χ2n) is 8.41. The first kappa shape index (κ1) is 28.3. The van der Waals surface area contributed by atoms with Gasteiger partial charge < -0.3 is 21.3 Å². The monoisotopic (exact) mass is 507 g/mol. The van der Waals surface area contributed by atoms with Crippen molar-refractivity contribution in [2.24, 2.45) is 5.73 Å². The van der Waals surface area contributed by atoms with Crippen LogP contribution in [-0.4, -0.2) is 40.3 Å². The van der Waals surface area contributed by atoms with Gasteiger partial charge in [0, 0.05) is 18.4 Å². The van der Waals surface area contributed by atoms with Crippen LogP contribution in [0.4, 0.5) is 13.2 Å². The summed E-state index contributed by atoms with van der Waals surface area (Å²) in [7, 11) is 0. The van der Waals surface area contributed by atoms with Crippen LogP contribution in [0.3, 0.4) is 0 Å². The molecule has 0 radical (unpaired) electrons. The summed E-state index contributed by atoms with van der Waals surface area (Å²) in [5.74, 6) is -3.02. The standard InChI is InChI=1S/C25H28F3N3O5/c26-25(27,28)18-11-15(8-9-22(29)30)10-17(12-18)24(36)31-14-19(32)5-3-4-16(13-23(34)35)20-6-1-2-7-21(20)33/h1-2,6-7,10-12,16,33H,3-5,8-9,13-14H2,(H3,29,30)(H,31,36)(H,34,35). The minimum atomic E-state index is -4.68. The van der Waals surface area contributed by atoms with E-state index in [1.165, 1.54) is 12.1 Å². The van der Waals surface area contributed by atoms with Gasteiger partial charge in [-0.15, -0.1) is 0 Å². The molecule has 0 aliphatic heterocycles. The first-order valence-corrected chi connectivity index (χ1v) is 11.2. The quantitative estimate of drug-likeness (QED) is 0.204. The summed E-state index contributed by atoms with van der Waals surface area (Å²) < 4.78 is 39.8. The number of phenolic OH excluding ortho intramolecular Hbond substituents is 1. The summed E-state index contributed by atoms with van der Waals surface area (Å²) in [6.07, 6.45) is -4.23. The second-order valence-corrected chi connectivity index (χ2v) is 8.41. The van der Waals surface area contributed by atoms with Gasteiger partial charge in [0.05, 0.1) is 24.4 Å². The van der Waals surface area contributed by atoms with Crippen LogP contribution >= 0.6 is 0 Å². The van der Waals surface area contributed by atoms with E-state index < -0.39 is 36.1 Å². The summed E-state index contributed by atoms with van der Waals surface area (Å²) >= 11 is 0. The van der Waals surface area contributed by atoms with Gasteiger partial charge in [-0.05, 0) is 60.6 Å². The molecule has 0 aromatic heterocycles.